The van der Waals surface area contributed by atoms with Gasteiger partial charge in [-0.15, -0.1) is 0 Å². The van der Waals surface area contributed by atoms with Crippen molar-refractivity contribution in [3.63, 3.8) is 0 Å². The van der Waals surface area contributed by atoms with E-state index in [0.717, 1.165) is 13.0 Å². The molecule has 0 radical (unpaired) electrons. The van der Waals surface area contributed by atoms with E-state index in [1.807, 2.05) is 0 Å². The first kappa shape index (κ1) is 16.1. The predicted molar refractivity (Wildman–Crippen MR) is 74.5 cm³/mol. The number of rotatable bonds is 10. The highest BCUT2D eigenvalue weighted by atomic mass is 19.1. The molecule has 108 valence electrons. The molecule has 1 aromatic carbocycles. The Balaban J connectivity index is 2.07. The third kappa shape index (κ3) is 7.25. The van der Waals surface area contributed by atoms with Crippen LogP contribution in [0.1, 0.15) is 31.7 Å². The van der Waals surface area contributed by atoms with Gasteiger partial charge in [0.2, 0.25) is 0 Å². The summed E-state index contributed by atoms with van der Waals surface area (Å²) in [6.07, 6.45) is 2.97. The van der Waals surface area contributed by atoms with Crippen LogP contribution in [0.4, 0.5) is 4.39 Å². The monoisotopic (exact) mass is 269 g/mol. The number of hydrogen-bond donors (Lipinski definition) is 2. The van der Waals surface area contributed by atoms with Crippen LogP contribution < -0.4 is 5.32 Å². The number of nitrogens with one attached hydrogen (secondary N) is 1. The lowest BCUT2D eigenvalue weighted by molar-refractivity contribution is 0.0279. The quantitative estimate of drug-likeness (QED) is 0.641. The number of aliphatic hydroxyl groups is 1. The molecule has 1 aromatic rings. The molecule has 1 atom stereocenters. The summed E-state index contributed by atoms with van der Waals surface area (Å²) in [5, 5.41) is 12.8. The maximum absolute atomic E-state index is 13.3. The largest absolute Gasteiger partial charge is 0.389 e. The highest BCUT2D eigenvalue weighted by molar-refractivity contribution is 5.16. The van der Waals surface area contributed by atoms with Gasteiger partial charge < -0.3 is 15.2 Å². The molecule has 19 heavy (non-hydrogen) atoms. The fourth-order valence-electron chi connectivity index (χ4n) is 1.75. The number of ether oxygens (including phenoxy) is 1. The van der Waals surface area contributed by atoms with Crippen LogP contribution in [0.25, 0.3) is 0 Å². The fraction of sp³-hybridized carbons (Fsp3) is 0.600. The summed E-state index contributed by atoms with van der Waals surface area (Å²) in [7, 11) is 0. The molecular formula is C15H24FNO2. The van der Waals surface area contributed by atoms with Crippen molar-refractivity contribution in [1.29, 1.82) is 0 Å². The van der Waals surface area contributed by atoms with Crippen molar-refractivity contribution in [3.8, 4) is 0 Å². The van der Waals surface area contributed by atoms with Gasteiger partial charge in [-0.1, -0.05) is 38.0 Å². The van der Waals surface area contributed by atoms with Gasteiger partial charge in [-0.25, -0.2) is 4.39 Å². The molecule has 0 fully saturated rings. The molecule has 2 N–H and O–H groups in total. The van der Waals surface area contributed by atoms with Gasteiger partial charge in [0, 0.05) is 12.1 Å². The van der Waals surface area contributed by atoms with Gasteiger partial charge in [0.15, 0.2) is 0 Å². The lowest BCUT2D eigenvalue weighted by atomic mass is 10.2. The molecule has 0 bridgehead atoms. The number of benzene rings is 1. The zero-order chi connectivity index (χ0) is 13.9. The molecule has 4 heteroatoms. The van der Waals surface area contributed by atoms with E-state index >= 15 is 0 Å². The van der Waals surface area contributed by atoms with Gasteiger partial charge in [0.05, 0.1) is 19.3 Å². The standard InChI is InChI=1S/C15H24FNO2/c1-2-3-6-9-17-10-14(18)12-19-11-13-7-4-5-8-15(13)16/h4-5,7-8,14,17-18H,2-3,6,9-12H2,1H3. The second-order valence-electron chi connectivity index (χ2n) is 4.67. The minimum absolute atomic E-state index is 0.194. The van der Waals surface area contributed by atoms with Crippen LogP contribution in [0.2, 0.25) is 0 Å². The highest BCUT2D eigenvalue weighted by Crippen LogP contribution is 2.07. The number of unbranched alkanes of at least 4 members (excludes halogenated alkanes) is 2. The first-order valence-corrected chi connectivity index (χ1v) is 6.94. The van der Waals surface area contributed by atoms with E-state index in [2.05, 4.69) is 12.2 Å². The van der Waals surface area contributed by atoms with Crippen LogP contribution in [0, 0.1) is 5.82 Å². The smallest absolute Gasteiger partial charge is 0.128 e. The maximum atomic E-state index is 13.3. The highest BCUT2D eigenvalue weighted by Gasteiger charge is 2.05. The van der Waals surface area contributed by atoms with Crippen LogP contribution in [-0.4, -0.2) is 30.9 Å². The fourth-order valence-corrected chi connectivity index (χ4v) is 1.75. The minimum Gasteiger partial charge on any atom is -0.389 e. The summed E-state index contributed by atoms with van der Waals surface area (Å²) in [5.74, 6) is -0.269. The van der Waals surface area contributed by atoms with Crippen molar-refractivity contribution in [2.75, 3.05) is 19.7 Å². The number of halogens is 1. The van der Waals surface area contributed by atoms with Crippen molar-refractivity contribution >= 4 is 0 Å². The van der Waals surface area contributed by atoms with Crippen LogP contribution in [0.5, 0.6) is 0 Å². The Kier molecular flexibility index (Phi) is 8.38. The van der Waals surface area contributed by atoms with Crippen molar-refractivity contribution < 1.29 is 14.2 Å². The summed E-state index contributed by atoms with van der Waals surface area (Å²) < 4.78 is 18.6. The Morgan fingerprint density at radius 1 is 1.32 bits per heavy atom. The number of aliphatic hydroxyl groups excluding tert-OH is 1. The second-order valence-corrected chi connectivity index (χ2v) is 4.67. The topological polar surface area (TPSA) is 41.5 Å². The van der Waals surface area contributed by atoms with Gasteiger partial charge in [-0.3, -0.25) is 0 Å². The summed E-state index contributed by atoms with van der Waals surface area (Å²) in [5.41, 5.74) is 0.519. The molecule has 1 unspecified atom stereocenters. The van der Waals surface area contributed by atoms with E-state index in [0.29, 0.717) is 12.1 Å². The molecule has 0 aliphatic rings. The summed E-state index contributed by atoms with van der Waals surface area (Å²) in [6.45, 7) is 4.00. The molecule has 0 saturated carbocycles. The van der Waals surface area contributed by atoms with Crippen LogP contribution in [0.15, 0.2) is 24.3 Å². The van der Waals surface area contributed by atoms with E-state index in [9.17, 15) is 9.50 Å². The van der Waals surface area contributed by atoms with Crippen molar-refractivity contribution in [1.82, 2.24) is 5.32 Å². The van der Waals surface area contributed by atoms with E-state index in [1.54, 1.807) is 18.2 Å². The van der Waals surface area contributed by atoms with Crippen LogP contribution in [0.3, 0.4) is 0 Å². The van der Waals surface area contributed by atoms with Crippen molar-refractivity contribution in [2.24, 2.45) is 0 Å². The van der Waals surface area contributed by atoms with Gasteiger partial charge >= 0.3 is 0 Å². The molecule has 0 heterocycles. The van der Waals surface area contributed by atoms with E-state index in [-0.39, 0.29) is 19.0 Å². The summed E-state index contributed by atoms with van der Waals surface area (Å²) in [6, 6.07) is 6.51. The predicted octanol–water partition coefficient (Wildman–Crippen LogP) is 2.48. The Morgan fingerprint density at radius 2 is 2.11 bits per heavy atom. The normalized spacial score (nSPS) is 12.6. The molecule has 0 saturated heterocycles. The minimum atomic E-state index is -0.548. The summed E-state index contributed by atoms with van der Waals surface area (Å²) >= 11 is 0. The Labute approximate surface area is 114 Å². The van der Waals surface area contributed by atoms with E-state index in [1.165, 1.54) is 18.9 Å². The molecule has 0 amide bonds. The molecule has 0 spiro atoms. The van der Waals surface area contributed by atoms with Crippen molar-refractivity contribution in [3.05, 3.63) is 35.6 Å². The van der Waals surface area contributed by atoms with Gasteiger partial charge in [-0.05, 0) is 19.0 Å². The first-order valence-electron chi connectivity index (χ1n) is 6.94. The van der Waals surface area contributed by atoms with Gasteiger partial charge in [0.25, 0.3) is 0 Å². The molecule has 0 aromatic heterocycles. The first-order chi connectivity index (χ1) is 9.24. The lowest BCUT2D eigenvalue weighted by Gasteiger charge is -2.12. The van der Waals surface area contributed by atoms with Crippen LogP contribution in [-0.2, 0) is 11.3 Å². The molecule has 0 aliphatic carbocycles. The van der Waals surface area contributed by atoms with Crippen LogP contribution >= 0.6 is 0 Å². The Bertz CT molecular complexity index is 347. The maximum Gasteiger partial charge on any atom is 0.128 e. The summed E-state index contributed by atoms with van der Waals surface area (Å²) in [4.78, 5) is 0. The third-order valence-corrected chi connectivity index (χ3v) is 2.86. The zero-order valence-corrected chi connectivity index (χ0v) is 11.6. The molecule has 3 nitrogen and oxygen atoms in total. The molecule has 1 rings (SSSR count). The average molecular weight is 269 g/mol. The third-order valence-electron chi connectivity index (χ3n) is 2.86. The second kappa shape index (κ2) is 9.89. The SMILES string of the molecule is CCCCCNCC(O)COCc1ccccc1F. The van der Waals surface area contributed by atoms with Crippen molar-refractivity contribution in [2.45, 2.75) is 38.9 Å². The Morgan fingerprint density at radius 3 is 2.84 bits per heavy atom. The molecule has 0 aliphatic heterocycles. The average Bonchev–Trinajstić information content (AvgIpc) is 2.41. The number of hydrogen-bond acceptors (Lipinski definition) is 3. The molecular weight excluding hydrogens is 245 g/mol. The van der Waals surface area contributed by atoms with Gasteiger partial charge in [-0.2, -0.15) is 0 Å². The Hall–Kier alpha value is -0.970. The van der Waals surface area contributed by atoms with Gasteiger partial charge in [0.1, 0.15) is 5.82 Å². The zero-order valence-electron chi connectivity index (χ0n) is 11.6. The van der Waals surface area contributed by atoms with E-state index < -0.39 is 6.10 Å². The van der Waals surface area contributed by atoms with E-state index in [4.69, 9.17) is 4.74 Å². The lowest BCUT2D eigenvalue weighted by Crippen LogP contribution is -2.31.